The van der Waals surface area contributed by atoms with Crippen molar-refractivity contribution in [3.8, 4) is 0 Å². The van der Waals surface area contributed by atoms with Gasteiger partial charge in [0, 0.05) is 57.3 Å². The van der Waals surface area contributed by atoms with Crippen LogP contribution in [-0.4, -0.2) is 345 Å². The molecule has 2 aromatic rings. The highest BCUT2D eigenvalue weighted by Gasteiger charge is 2.60. The lowest BCUT2D eigenvalue weighted by Crippen LogP contribution is -2.70. The Kier molecular flexibility index (Phi) is 30.5. The monoisotopic (exact) mass is 1560 g/mol. The Morgan fingerprint density at radius 2 is 1.27 bits per heavy atom. The van der Waals surface area contributed by atoms with Crippen LogP contribution < -0.4 is 32.3 Å². The summed E-state index contributed by atoms with van der Waals surface area (Å²) in [5, 5.41) is 180. The normalized spacial score (nSPS) is 37.8. The third-order valence-electron chi connectivity index (χ3n) is 18.1. The minimum atomic E-state index is -5.96. The number of ether oxygens (including phenoxy) is 12. The molecule has 3 amide bonds. The smallest absolute Gasteiger partial charge is 0.364 e. The van der Waals surface area contributed by atoms with Crippen molar-refractivity contribution < 1.29 is 191 Å². The minimum absolute atomic E-state index is 0.109. The zero-order valence-corrected chi connectivity index (χ0v) is 57.4. The van der Waals surface area contributed by atoms with Gasteiger partial charge in [-0.15, -0.1) is 0 Å². The van der Waals surface area contributed by atoms with Crippen LogP contribution in [0, 0.1) is 5.92 Å². The number of nitrogens with two attached hydrogens (primary N) is 1. The van der Waals surface area contributed by atoms with Crippen molar-refractivity contribution in [2.24, 2.45) is 5.92 Å². The summed E-state index contributed by atoms with van der Waals surface area (Å²) in [4.78, 5) is 117. The first-order valence-electron chi connectivity index (χ1n) is 33.0. The van der Waals surface area contributed by atoms with E-state index in [-0.39, 0.29) is 50.1 Å². The maximum atomic E-state index is 13.5. The molecule has 21 N–H and O–H groups in total. The van der Waals surface area contributed by atoms with Gasteiger partial charge in [-0.1, -0.05) is 12.1 Å². The van der Waals surface area contributed by atoms with Crippen molar-refractivity contribution in [3.05, 3.63) is 58.1 Å². The lowest BCUT2D eigenvalue weighted by atomic mass is 9.80. The number of phosphoric ester groups is 1. The SMILES string of the molecule is CC(=O)NC1[C@@H](O[C@@H]2C(OC=O)O[C@@H](O[C@@H]3C(CO)O[C@H](O[C@@H]4C(OC=O)O[C@@H](OCCNC(=O)c5ccc(CCCC(=O)C[C@H]6C([C@H](O)[C@H](O)CO)O[C@](OP(=O)([O-])OC[C@H]7O[C@@H](n8ccc(N)nc8=O)C(O)[C@H]7O)(C(=O)O)C[C@H]6O)cc5)C(O)[C@H]4O)C(NC(C)=O)[C@H]3O)C(O)[C@H]2O)OC(CO)[C@@H](O)[C@@H]1O. The van der Waals surface area contributed by atoms with E-state index < -0.39 is 273 Å². The molecule has 31 atom stereocenters. The Bertz CT molecular complexity index is 3430. The van der Waals surface area contributed by atoms with E-state index in [1.165, 1.54) is 24.3 Å². The van der Waals surface area contributed by atoms with Gasteiger partial charge in [-0.05, 0) is 36.6 Å². The Hall–Kier alpha value is -6.50. The number of ketones is 1. The highest BCUT2D eigenvalue weighted by Crippen LogP contribution is 2.50. The number of carbonyl (C=O) groups is 7. The minimum Gasteiger partial charge on any atom is -0.756 e. The van der Waals surface area contributed by atoms with Gasteiger partial charge in [0.25, 0.3) is 32.5 Å². The fraction of sp³-hybridized carbons (Fsp3) is 0.717. The molecule has 11 unspecified atom stereocenters. The molecule has 46 nitrogen and oxygen atoms in total. The molecule has 8 rings (SSSR count). The Labute approximate surface area is 603 Å². The van der Waals surface area contributed by atoms with Crippen molar-refractivity contribution in [3.63, 3.8) is 0 Å². The summed E-state index contributed by atoms with van der Waals surface area (Å²) >= 11 is 0. The number of aryl methyl sites for hydroxylation is 1. The van der Waals surface area contributed by atoms with E-state index in [4.69, 9.17) is 71.6 Å². The Morgan fingerprint density at radius 3 is 1.83 bits per heavy atom. The van der Waals surface area contributed by atoms with Gasteiger partial charge in [0.1, 0.15) is 115 Å². The van der Waals surface area contributed by atoms with Crippen LogP contribution in [0.15, 0.2) is 41.3 Å². The molecule has 47 heteroatoms. The zero-order chi connectivity index (χ0) is 78.7. The molecule has 0 saturated carbocycles. The van der Waals surface area contributed by atoms with Gasteiger partial charge in [0.05, 0.1) is 45.2 Å². The van der Waals surface area contributed by atoms with Crippen molar-refractivity contribution >= 4 is 56.1 Å². The Balaban J connectivity index is 0.806. The number of Topliss-reactive ketones (excluding diaryl/α,β-unsaturated/α-hetero) is 1. The van der Waals surface area contributed by atoms with Crippen LogP contribution in [0.5, 0.6) is 0 Å². The summed E-state index contributed by atoms with van der Waals surface area (Å²) in [5.41, 5.74) is 5.17. The van der Waals surface area contributed by atoms with Crippen LogP contribution >= 0.6 is 7.82 Å². The first-order chi connectivity index (χ1) is 50.6. The topological polar surface area (TPSA) is 710 Å². The lowest BCUT2D eigenvalue weighted by Gasteiger charge is -2.49. The number of nitrogens with one attached hydrogen (secondary N) is 3. The maximum Gasteiger partial charge on any atom is 0.364 e. The van der Waals surface area contributed by atoms with Crippen LogP contribution in [-0.2, 0) is 106 Å². The standard InChI is InChI=1S/C60H87N6O40P/c1-22(72)63-34-39(80)37(78)30(17-68)98-52(34)101-49-42(83)45(86)55(104-57(49)95-21-71)100-47-31(18-69)99-53(35(40(47)81)64-23(2)73)102-48-41(82)44(85)54(103-56(48)94-20-70)93-13-11-62-50(87)25-8-6-24(7-9-25)4-3-5-26(74)14-27-28(75)15-60(58(88)89,105-46(27)36(77)29(76)16-67)106-107(91,92)96-19-32-38(79)43(84)51(97-32)66-12-10-33(61)65-59(66)90/h6-10,12,20-21,27-32,34-49,51-57,67-69,75-86H,3-5,11,13-19H2,1-2H3,(H,62,87)(H,63,72)(H,64,73)(H,88,89)(H,91,92)(H2,61,65,90)/p-1/t27-,28-,29-,30?,31?,32-,34?,35?,36-,37-,38+,39-,40-,41-,42-,43?,44?,45?,46?,47-,48+,49+,51-,52-,53-,54-,55-,56?,57?,60-/m1/s1. The third-order valence-corrected chi connectivity index (χ3v) is 19.1. The van der Waals surface area contributed by atoms with Crippen LogP contribution in [0.3, 0.4) is 0 Å². The highest BCUT2D eigenvalue weighted by molar-refractivity contribution is 7.46. The second-order valence-electron chi connectivity index (χ2n) is 25.5. The van der Waals surface area contributed by atoms with Gasteiger partial charge in [-0.2, -0.15) is 4.98 Å². The van der Waals surface area contributed by atoms with Gasteiger partial charge in [0.15, 0.2) is 43.6 Å². The second-order valence-corrected chi connectivity index (χ2v) is 26.8. The number of hydrogen-bond donors (Lipinski definition) is 20. The number of anilines is 1. The third kappa shape index (κ3) is 20.8. The van der Waals surface area contributed by atoms with E-state index in [1.807, 2.05) is 0 Å². The molecule has 6 aliphatic rings. The van der Waals surface area contributed by atoms with Crippen LogP contribution in [0.25, 0.3) is 0 Å². The van der Waals surface area contributed by atoms with Crippen molar-refractivity contribution in [1.82, 2.24) is 25.5 Å². The molecule has 107 heavy (non-hydrogen) atoms. The molecule has 0 radical (unpaired) electrons. The number of carboxylic acids is 1. The molecule has 0 bridgehead atoms. The fourth-order valence-electron chi connectivity index (χ4n) is 12.6. The fourth-order valence-corrected chi connectivity index (χ4v) is 13.6. The summed E-state index contributed by atoms with van der Waals surface area (Å²) in [6, 6.07) is 3.67. The molecule has 1 aromatic heterocycles. The number of benzene rings is 1. The molecular formula is C60H86N6O40P-. The number of amides is 3. The lowest BCUT2D eigenvalue weighted by molar-refractivity contribution is -0.398. The summed E-state index contributed by atoms with van der Waals surface area (Å²) in [7, 11) is -5.96. The number of carboxylic acid groups (broad SMARTS) is 1. The summed E-state index contributed by atoms with van der Waals surface area (Å²) in [5.74, 6) is -10.3. The second kappa shape index (κ2) is 37.9. The van der Waals surface area contributed by atoms with E-state index >= 15 is 0 Å². The number of nitrogens with zero attached hydrogens (tertiary/aromatic N) is 2. The first-order valence-corrected chi connectivity index (χ1v) is 34.5. The number of aliphatic hydroxyl groups is 15. The highest BCUT2D eigenvalue weighted by atomic mass is 31.2. The predicted octanol–water partition coefficient (Wildman–Crippen LogP) is -12.2. The number of aromatic nitrogens is 2. The molecule has 6 fully saturated rings. The molecule has 7 heterocycles. The average molecular weight is 1560 g/mol. The molecule has 1 aromatic carbocycles. The largest absolute Gasteiger partial charge is 0.756 e. The maximum absolute atomic E-state index is 13.5. The van der Waals surface area contributed by atoms with Crippen LogP contribution in [0.4, 0.5) is 5.82 Å². The molecule has 0 spiro atoms. The van der Waals surface area contributed by atoms with Crippen molar-refractivity contribution in [2.45, 2.75) is 224 Å². The average Bonchev–Trinajstić information content (AvgIpc) is 1.30. The summed E-state index contributed by atoms with van der Waals surface area (Å²) < 4.78 is 90.1. The van der Waals surface area contributed by atoms with Gasteiger partial charge in [-0.3, -0.25) is 42.4 Å². The van der Waals surface area contributed by atoms with E-state index in [0.717, 1.165) is 30.7 Å². The predicted molar refractivity (Wildman–Crippen MR) is 334 cm³/mol. The summed E-state index contributed by atoms with van der Waals surface area (Å²) in [6.07, 6.45) is -51.8. The molecule has 6 saturated heterocycles. The number of aliphatic carboxylic acids is 1. The molecule has 0 aliphatic carbocycles. The molecule has 602 valence electrons. The van der Waals surface area contributed by atoms with Crippen molar-refractivity contribution in [1.29, 1.82) is 0 Å². The van der Waals surface area contributed by atoms with E-state index in [0.29, 0.717) is 5.56 Å². The number of hydrogen-bond acceptors (Lipinski definition) is 41. The zero-order valence-electron chi connectivity index (χ0n) is 56.5. The molecular weight excluding hydrogens is 1480 g/mol. The first kappa shape index (κ1) is 86.1. The summed E-state index contributed by atoms with van der Waals surface area (Å²) in [6.45, 7) is -3.35. The van der Waals surface area contributed by atoms with Gasteiger partial charge in [-0.25, -0.2) is 9.59 Å². The van der Waals surface area contributed by atoms with E-state index in [2.05, 4.69) is 20.9 Å². The van der Waals surface area contributed by atoms with Gasteiger partial charge < -0.3 is 170 Å². The van der Waals surface area contributed by atoms with Gasteiger partial charge in [0.2, 0.25) is 24.4 Å². The van der Waals surface area contributed by atoms with E-state index in [9.17, 15) is 130 Å². The number of nitrogen functional groups attached to an aromatic ring is 1. The number of phosphoric acid groups is 1. The quantitative estimate of drug-likeness (QED) is 0.0173. The number of rotatable bonds is 35. The van der Waals surface area contributed by atoms with Crippen molar-refractivity contribution in [2.75, 3.05) is 45.3 Å². The molecule has 6 aliphatic heterocycles. The van der Waals surface area contributed by atoms with E-state index in [1.54, 1.807) is 0 Å². The van der Waals surface area contributed by atoms with Crippen LogP contribution in [0.1, 0.15) is 61.7 Å². The van der Waals surface area contributed by atoms with Crippen LogP contribution in [0.2, 0.25) is 0 Å². The number of carbonyl (C=O) groups excluding carboxylic acids is 6. The Morgan fingerprint density at radius 1 is 0.710 bits per heavy atom. The number of aliphatic hydroxyl groups excluding tert-OH is 15. The van der Waals surface area contributed by atoms with Gasteiger partial charge >= 0.3 is 11.7 Å².